The first kappa shape index (κ1) is 20.1. The number of anilines is 3. The number of hydrogen-bond donors (Lipinski definition) is 2. The number of rotatable bonds is 6. The Morgan fingerprint density at radius 1 is 1.22 bits per heavy atom. The molecule has 5 rings (SSSR count). The van der Waals surface area contributed by atoms with Crippen molar-refractivity contribution < 1.29 is 9.47 Å². The Bertz CT molecular complexity index is 1270. The molecule has 0 aliphatic carbocycles. The number of methoxy groups -OCH3 is 1. The molecule has 2 N–H and O–H groups in total. The van der Waals surface area contributed by atoms with Crippen molar-refractivity contribution in [1.29, 1.82) is 0 Å². The minimum absolute atomic E-state index is 0.229. The van der Waals surface area contributed by atoms with Crippen LogP contribution in [0.1, 0.15) is 12.1 Å². The topological polar surface area (TPSA) is 112 Å². The first-order chi connectivity index (χ1) is 15.6. The highest BCUT2D eigenvalue weighted by Crippen LogP contribution is 2.32. The van der Waals surface area contributed by atoms with E-state index < -0.39 is 0 Å². The average molecular weight is 432 g/mol. The molecule has 3 aromatic heterocycles. The summed E-state index contributed by atoms with van der Waals surface area (Å²) in [4.78, 5) is 13.9. The fraction of sp³-hybridized carbons (Fsp3) is 0.318. The zero-order valence-corrected chi connectivity index (χ0v) is 18.2. The van der Waals surface area contributed by atoms with Crippen LogP contribution in [0.5, 0.6) is 5.75 Å². The summed E-state index contributed by atoms with van der Waals surface area (Å²) in [6.07, 6.45) is 4.41. The molecule has 164 valence electrons. The normalized spacial score (nSPS) is 15.8. The SMILES string of the molecule is COc1cc(-c2nncn2C)ccc1Nc1ncc2cc(C)nc(NC3CCOC3)c2n1. The summed E-state index contributed by atoms with van der Waals surface area (Å²) in [7, 11) is 3.52. The van der Waals surface area contributed by atoms with Crippen molar-refractivity contribution in [3.63, 3.8) is 0 Å². The fourth-order valence-electron chi connectivity index (χ4n) is 3.77. The molecule has 1 aliphatic rings. The lowest BCUT2D eigenvalue weighted by Gasteiger charge is -2.15. The highest BCUT2D eigenvalue weighted by molar-refractivity contribution is 5.89. The van der Waals surface area contributed by atoms with Crippen LogP contribution < -0.4 is 15.4 Å². The smallest absolute Gasteiger partial charge is 0.227 e. The lowest BCUT2D eigenvalue weighted by Crippen LogP contribution is -2.20. The van der Waals surface area contributed by atoms with Crippen molar-refractivity contribution in [1.82, 2.24) is 29.7 Å². The molecule has 10 heteroatoms. The molecule has 0 spiro atoms. The summed E-state index contributed by atoms with van der Waals surface area (Å²) in [5.74, 6) is 2.60. The summed E-state index contributed by atoms with van der Waals surface area (Å²) in [5.41, 5.74) is 3.31. The second kappa shape index (κ2) is 8.39. The number of pyridine rings is 1. The second-order valence-corrected chi connectivity index (χ2v) is 7.75. The standard InChI is InChI=1S/C22H24N8O2/c1-13-8-15-10-23-22(28-19(15)20(25-13)26-16-6-7-32-11-16)27-17-5-4-14(9-18(17)31-3)21-29-24-12-30(21)2/h4-5,8-10,12,16H,6-7,11H2,1-3H3,(H,25,26)(H,23,27,28). The predicted molar refractivity (Wildman–Crippen MR) is 121 cm³/mol. The maximum Gasteiger partial charge on any atom is 0.227 e. The van der Waals surface area contributed by atoms with Gasteiger partial charge in [0.05, 0.1) is 25.4 Å². The highest BCUT2D eigenvalue weighted by Gasteiger charge is 2.18. The molecule has 4 heterocycles. The van der Waals surface area contributed by atoms with Crippen LogP contribution in [0.15, 0.2) is 36.8 Å². The van der Waals surface area contributed by atoms with Gasteiger partial charge >= 0.3 is 0 Å². The minimum Gasteiger partial charge on any atom is -0.495 e. The molecule has 0 bridgehead atoms. The molecule has 1 atom stereocenters. The summed E-state index contributed by atoms with van der Waals surface area (Å²) >= 11 is 0. The van der Waals surface area contributed by atoms with E-state index in [9.17, 15) is 0 Å². The van der Waals surface area contributed by atoms with Gasteiger partial charge in [-0.05, 0) is 37.6 Å². The quantitative estimate of drug-likeness (QED) is 0.475. The van der Waals surface area contributed by atoms with Crippen LogP contribution >= 0.6 is 0 Å². The van der Waals surface area contributed by atoms with Crippen LogP contribution in [0.25, 0.3) is 22.3 Å². The van der Waals surface area contributed by atoms with Gasteiger partial charge < -0.3 is 24.7 Å². The van der Waals surface area contributed by atoms with E-state index in [1.807, 2.05) is 42.8 Å². The number of aryl methyl sites for hydroxylation is 2. The van der Waals surface area contributed by atoms with E-state index in [2.05, 4.69) is 30.8 Å². The molecule has 1 saturated heterocycles. The molecule has 32 heavy (non-hydrogen) atoms. The Kier molecular flexibility index (Phi) is 5.28. The van der Waals surface area contributed by atoms with Gasteiger partial charge in [0, 0.05) is 36.5 Å². The molecule has 1 fully saturated rings. The van der Waals surface area contributed by atoms with Crippen molar-refractivity contribution in [3.8, 4) is 17.1 Å². The summed E-state index contributed by atoms with van der Waals surface area (Å²) < 4.78 is 12.9. The van der Waals surface area contributed by atoms with Gasteiger partial charge in [0.2, 0.25) is 5.95 Å². The molecular formula is C22H24N8O2. The monoisotopic (exact) mass is 432 g/mol. The van der Waals surface area contributed by atoms with Gasteiger partial charge in [0.25, 0.3) is 0 Å². The fourth-order valence-corrected chi connectivity index (χ4v) is 3.77. The molecule has 0 saturated carbocycles. The van der Waals surface area contributed by atoms with Gasteiger partial charge in [-0.2, -0.15) is 0 Å². The Balaban J connectivity index is 1.47. The third kappa shape index (κ3) is 3.92. The van der Waals surface area contributed by atoms with Gasteiger partial charge in [-0.15, -0.1) is 10.2 Å². The number of nitrogens with zero attached hydrogens (tertiary/aromatic N) is 6. The summed E-state index contributed by atoms with van der Waals surface area (Å²) in [6, 6.07) is 7.98. The van der Waals surface area contributed by atoms with Crippen LogP contribution in [0.4, 0.5) is 17.5 Å². The first-order valence-electron chi connectivity index (χ1n) is 10.4. The lowest BCUT2D eigenvalue weighted by atomic mass is 10.1. The zero-order chi connectivity index (χ0) is 22.1. The summed E-state index contributed by atoms with van der Waals surface area (Å²) in [6.45, 7) is 3.39. The molecule has 0 amide bonds. The van der Waals surface area contributed by atoms with E-state index in [4.69, 9.17) is 14.5 Å². The van der Waals surface area contributed by atoms with E-state index in [1.165, 1.54) is 0 Å². The van der Waals surface area contributed by atoms with Crippen LogP contribution in [0, 0.1) is 6.92 Å². The van der Waals surface area contributed by atoms with Crippen molar-refractivity contribution in [3.05, 3.63) is 42.5 Å². The van der Waals surface area contributed by atoms with Crippen LogP contribution in [-0.2, 0) is 11.8 Å². The van der Waals surface area contributed by atoms with E-state index in [-0.39, 0.29) is 6.04 Å². The zero-order valence-electron chi connectivity index (χ0n) is 18.2. The molecule has 1 aliphatic heterocycles. The van der Waals surface area contributed by atoms with E-state index in [1.54, 1.807) is 19.6 Å². The predicted octanol–water partition coefficient (Wildman–Crippen LogP) is 3.08. The van der Waals surface area contributed by atoms with Crippen molar-refractivity contribution in [2.75, 3.05) is 31.0 Å². The second-order valence-electron chi connectivity index (χ2n) is 7.75. The molecule has 1 aromatic carbocycles. The third-order valence-electron chi connectivity index (χ3n) is 5.38. The largest absolute Gasteiger partial charge is 0.495 e. The van der Waals surface area contributed by atoms with Crippen molar-refractivity contribution in [2.24, 2.45) is 7.05 Å². The average Bonchev–Trinajstić information content (AvgIpc) is 3.46. The van der Waals surface area contributed by atoms with Gasteiger partial charge in [0.15, 0.2) is 11.6 Å². The number of ether oxygens (including phenoxy) is 2. The maximum atomic E-state index is 5.60. The molecule has 10 nitrogen and oxygen atoms in total. The van der Waals surface area contributed by atoms with Gasteiger partial charge in [-0.1, -0.05) is 0 Å². The molecule has 0 radical (unpaired) electrons. The van der Waals surface area contributed by atoms with Crippen LogP contribution in [-0.4, -0.2) is 56.1 Å². The van der Waals surface area contributed by atoms with Gasteiger partial charge in [-0.3, -0.25) is 0 Å². The van der Waals surface area contributed by atoms with Crippen LogP contribution in [0.2, 0.25) is 0 Å². The molecule has 4 aromatic rings. The number of nitrogens with one attached hydrogen (secondary N) is 2. The van der Waals surface area contributed by atoms with Crippen molar-refractivity contribution in [2.45, 2.75) is 19.4 Å². The maximum absolute atomic E-state index is 5.60. The van der Waals surface area contributed by atoms with Gasteiger partial charge in [-0.25, -0.2) is 15.0 Å². The Morgan fingerprint density at radius 2 is 2.12 bits per heavy atom. The van der Waals surface area contributed by atoms with Crippen molar-refractivity contribution >= 4 is 28.4 Å². The lowest BCUT2D eigenvalue weighted by molar-refractivity contribution is 0.195. The number of hydrogen-bond acceptors (Lipinski definition) is 9. The Labute approximate surface area is 185 Å². The minimum atomic E-state index is 0.229. The number of fused-ring (bicyclic) bond motifs is 1. The van der Waals surface area contributed by atoms with E-state index in [0.29, 0.717) is 18.3 Å². The van der Waals surface area contributed by atoms with Gasteiger partial charge in [0.1, 0.15) is 17.6 Å². The van der Waals surface area contributed by atoms with E-state index >= 15 is 0 Å². The Morgan fingerprint density at radius 3 is 2.88 bits per heavy atom. The summed E-state index contributed by atoms with van der Waals surface area (Å²) in [5, 5.41) is 15.8. The van der Waals surface area contributed by atoms with E-state index in [0.717, 1.165) is 52.5 Å². The molecule has 1 unspecified atom stereocenters. The van der Waals surface area contributed by atoms with Crippen LogP contribution in [0.3, 0.4) is 0 Å². The molecular weight excluding hydrogens is 408 g/mol. The highest BCUT2D eigenvalue weighted by atomic mass is 16.5. The Hall–Kier alpha value is -3.79. The first-order valence-corrected chi connectivity index (χ1v) is 10.4. The number of aromatic nitrogens is 6. The number of benzene rings is 1. The third-order valence-corrected chi connectivity index (χ3v) is 5.38.